The summed E-state index contributed by atoms with van der Waals surface area (Å²) in [5.41, 5.74) is 0.536. The van der Waals surface area contributed by atoms with E-state index in [0.29, 0.717) is 37.5 Å². The molecule has 0 N–H and O–H groups in total. The van der Waals surface area contributed by atoms with Gasteiger partial charge < -0.3 is 33.3 Å². The second-order valence-electron chi connectivity index (χ2n) is 9.28. The Bertz CT molecular complexity index is 993. The van der Waals surface area contributed by atoms with Gasteiger partial charge in [-0.15, -0.1) is 0 Å². The maximum absolute atomic E-state index is 13.8. The Labute approximate surface area is 229 Å². The standard InChI is InChI=1S/C28H40N2O9/c1-5-7-13-29-19-24(39-26-12-8-9-15-37-26)30(28(33)38-14-6-2)21-18-23(36-16-10-11-25(31)35-4)22(34-3)17-20(21)27(29)32/h6,17-18,24,26H,2,5,7-16,19H2,1,3-4H3/t24-,26?/m0/s1. The lowest BCUT2D eigenvalue weighted by Crippen LogP contribution is -2.50. The first kappa shape index (κ1) is 30.2. The number of methoxy groups -OCH3 is 2. The zero-order valence-electron chi connectivity index (χ0n) is 23.1. The van der Waals surface area contributed by atoms with Crippen LogP contribution < -0.4 is 14.4 Å². The maximum Gasteiger partial charge on any atom is 0.416 e. The first-order chi connectivity index (χ1) is 18.9. The van der Waals surface area contributed by atoms with Crippen molar-refractivity contribution >= 4 is 23.7 Å². The SMILES string of the molecule is C=CCOC(=O)N1c2cc(OCCCC(=O)OC)c(OC)cc2C(=O)N(CCCC)C[C@@H]1OC1CCCCO1. The maximum atomic E-state index is 13.8. The van der Waals surface area contributed by atoms with E-state index >= 15 is 0 Å². The lowest BCUT2D eigenvalue weighted by Gasteiger charge is -2.35. The molecular weight excluding hydrogens is 508 g/mol. The van der Waals surface area contributed by atoms with E-state index in [1.165, 1.54) is 25.2 Å². The van der Waals surface area contributed by atoms with Crippen molar-refractivity contribution in [3.8, 4) is 11.5 Å². The Morgan fingerprint density at radius 1 is 1.18 bits per heavy atom. The van der Waals surface area contributed by atoms with Crippen LogP contribution in [-0.2, 0) is 23.7 Å². The average Bonchev–Trinajstić information content (AvgIpc) is 3.06. The summed E-state index contributed by atoms with van der Waals surface area (Å²) in [5, 5.41) is 0. The molecule has 0 radical (unpaired) electrons. The summed E-state index contributed by atoms with van der Waals surface area (Å²) in [6.45, 7) is 7.04. The number of rotatable bonds is 13. The van der Waals surface area contributed by atoms with E-state index in [0.717, 1.165) is 25.7 Å². The third kappa shape index (κ3) is 8.09. The number of carbonyl (C=O) groups excluding carboxylic acids is 3. The summed E-state index contributed by atoms with van der Waals surface area (Å²) in [6, 6.07) is 3.15. The van der Waals surface area contributed by atoms with Gasteiger partial charge in [-0.2, -0.15) is 0 Å². The van der Waals surface area contributed by atoms with Gasteiger partial charge in [0, 0.05) is 25.6 Å². The van der Waals surface area contributed by atoms with Crippen LogP contribution in [0.4, 0.5) is 10.5 Å². The van der Waals surface area contributed by atoms with Crippen molar-refractivity contribution in [2.45, 2.75) is 64.4 Å². The van der Waals surface area contributed by atoms with Gasteiger partial charge in [0.05, 0.1) is 38.6 Å². The van der Waals surface area contributed by atoms with Crippen LogP contribution in [-0.4, -0.2) is 82.5 Å². The Morgan fingerprint density at radius 3 is 2.67 bits per heavy atom. The molecule has 0 saturated carbocycles. The molecule has 1 saturated heterocycles. The van der Waals surface area contributed by atoms with Crippen molar-refractivity contribution in [1.82, 2.24) is 4.90 Å². The van der Waals surface area contributed by atoms with Crippen LogP contribution in [0.2, 0.25) is 0 Å². The topological polar surface area (TPSA) is 113 Å². The minimum atomic E-state index is -0.868. The van der Waals surface area contributed by atoms with Crippen LogP contribution in [0.5, 0.6) is 11.5 Å². The molecule has 2 atom stereocenters. The number of amides is 2. The molecule has 11 nitrogen and oxygen atoms in total. The van der Waals surface area contributed by atoms with E-state index in [9.17, 15) is 14.4 Å². The number of benzene rings is 1. The third-order valence-electron chi connectivity index (χ3n) is 6.48. The molecule has 11 heteroatoms. The van der Waals surface area contributed by atoms with Crippen molar-refractivity contribution in [2.75, 3.05) is 52.0 Å². The van der Waals surface area contributed by atoms with E-state index in [2.05, 4.69) is 11.3 Å². The molecule has 2 aliphatic rings. The van der Waals surface area contributed by atoms with Gasteiger partial charge >= 0.3 is 12.1 Å². The Hall–Kier alpha value is -3.31. The van der Waals surface area contributed by atoms with Crippen LogP contribution in [0.1, 0.15) is 62.2 Å². The molecule has 2 aliphatic heterocycles. The molecule has 0 aromatic heterocycles. The smallest absolute Gasteiger partial charge is 0.416 e. The predicted octanol–water partition coefficient (Wildman–Crippen LogP) is 4.28. The number of unbranched alkanes of at least 4 members (excludes halogenated alkanes) is 1. The quantitative estimate of drug-likeness (QED) is 0.202. The molecule has 216 valence electrons. The number of anilines is 1. The number of fused-ring (bicyclic) bond motifs is 1. The fraction of sp³-hybridized carbons (Fsp3) is 0.607. The Kier molecular flexibility index (Phi) is 11.9. The summed E-state index contributed by atoms with van der Waals surface area (Å²) in [4.78, 5) is 41.8. The van der Waals surface area contributed by atoms with Gasteiger partial charge in [0.1, 0.15) is 6.61 Å². The van der Waals surface area contributed by atoms with E-state index in [1.54, 1.807) is 17.0 Å². The highest BCUT2D eigenvalue weighted by Gasteiger charge is 2.40. The molecule has 3 rings (SSSR count). The highest BCUT2D eigenvalue weighted by molar-refractivity contribution is 6.05. The lowest BCUT2D eigenvalue weighted by molar-refractivity contribution is -0.188. The van der Waals surface area contributed by atoms with Gasteiger partial charge in [-0.1, -0.05) is 26.0 Å². The summed E-state index contributed by atoms with van der Waals surface area (Å²) >= 11 is 0. The highest BCUT2D eigenvalue weighted by atomic mass is 16.7. The second kappa shape index (κ2) is 15.3. The third-order valence-corrected chi connectivity index (χ3v) is 6.48. The van der Waals surface area contributed by atoms with Crippen molar-refractivity contribution < 1.29 is 42.8 Å². The Morgan fingerprint density at radius 2 is 2.00 bits per heavy atom. The van der Waals surface area contributed by atoms with Crippen LogP contribution in [0.15, 0.2) is 24.8 Å². The fourth-order valence-electron chi connectivity index (χ4n) is 4.43. The first-order valence-corrected chi connectivity index (χ1v) is 13.5. The fourth-order valence-corrected chi connectivity index (χ4v) is 4.43. The van der Waals surface area contributed by atoms with E-state index in [1.807, 2.05) is 6.92 Å². The van der Waals surface area contributed by atoms with Crippen molar-refractivity contribution in [1.29, 1.82) is 0 Å². The molecule has 2 heterocycles. The van der Waals surface area contributed by atoms with Gasteiger partial charge in [-0.05, 0) is 38.2 Å². The van der Waals surface area contributed by atoms with E-state index < -0.39 is 18.6 Å². The molecule has 1 fully saturated rings. The zero-order valence-corrected chi connectivity index (χ0v) is 23.1. The minimum absolute atomic E-state index is 0.0160. The summed E-state index contributed by atoms with van der Waals surface area (Å²) < 4.78 is 33.7. The number of ether oxygens (including phenoxy) is 6. The molecule has 0 bridgehead atoms. The van der Waals surface area contributed by atoms with Crippen LogP contribution in [0.25, 0.3) is 0 Å². The van der Waals surface area contributed by atoms with Gasteiger partial charge in [0.15, 0.2) is 24.0 Å². The summed E-state index contributed by atoms with van der Waals surface area (Å²) in [5.74, 6) is 0.0348. The number of esters is 1. The monoisotopic (exact) mass is 548 g/mol. The number of hydrogen-bond acceptors (Lipinski definition) is 9. The normalized spacial score (nSPS) is 19.1. The first-order valence-electron chi connectivity index (χ1n) is 13.5. The van der Waals surface area contributed by atoms with Gasteiger partial charge in [-0.3, -0.25) is 9.59 Å². The van der Waals surface area contributed by atoms with E-state index in [-0.39, 0.29) is 49.3 Å². The molecule has 0 aliphatic carbocycles. The second-order valence-corrected chi connectivity index (χ2v) is 9.28. The predicted molar refractivity (Wildman–Crippen MR) is 143 cm³/mol. The van der Waals surface area contributed by atoms with Gasteiger partial charge in [-0.25, -0.2) is 9.69 Å². The Balaban J connectivity index is 2.04. The molecular formula is C28H40N2O9. The number of carbonyl (C=O) groups is 3. The van der Waals surface area contributed by atoms with Crippen LogP contribution in [0.3, 0.4) is 0 Å². The average molecular weight is 549 g/mol. The van der Waals surface area contributed by atoms with E-state index in [4.69, 9.17) is 23.7 Å². The molecule has 1 unspecified atom stereocenters. The molecule has 1 aromatic carbocycles. The molecule has 2 amide bonds. The van der Waals surface area contributed by atoms with Crippen molar-refractivity contribution in [3.63, 3.8) is 0 Å². The molecule has 39 heavy (non-hydrogen) atoms. The van der Waals surface area contributed by atoms with Crippen molar-refractivity contribution in [2.24, 2.45) is 0 Å². The summed E-state index contributed by atoms with van der Waals surface area (Å²) in [7, 11) is 2.80. The van der Waals surface area contributed by atoms with Crippen LogP contribution >= 0.6 is 0 Å². The molecule has 0 spiro atoms. The van der Waals surface area contributed by atoms with Crippen LogP contribution in [0, 0.1) is 0 Å². The zero-order chi connectivity index (χ0) is 28.2. The highest BCUT2D eigenvalue weighted by Crippen LogP contribution is 2.39. The largest absolute Gasteiger partial charge is 0.493 e. The summed E-state index contributed by atoms with van der Waals surface area (Å²) in [6.07, 6.45) is 4.22. The number of nitrogens with zero attached hydrogens (tertiary/aromatic N) is 2. The molecule has 1 aromatic rings. The van der Waals surface area contributed by atoms with Gasteiger partial charge in [0.2, 0.25) is 0 Å². The lowest BCUT2D eigenvalue weighted by atomic mass is 10.1. The van der Waals surface area contributed by atoms with Gasteiger partial charge in [0.25, 0.3) is 5.91 Å². The number of hydrogen-bond donors (Lipinski definition) is 0. The minimum Gasteiger partial charge on any atom is -0.493 e. The van der Waals surface area contributed by atoms with Crippen molar-refractivity contribution in [3.05, 3.63) is 30.4 Å².